The Labute approximate surface area is 125 Å². The number of nitrogens with two attached hydrogens (primary N) is 1. The molecule has 0 atom stereocenters. The minimum atomic E-state index is 0.213. The lowest BCUT2D eigenvalue weighted by molar-refractivity contribution is 0.312. The smallest absolute Gasteiger partial charge is 0.323 e. The van der Waals surface area contributed by atoms with Crippen molar-refractivity contribution >= 4 is 33.5 Å². The van der Waals surface area contributed by atoms with E-state index in [1.807, 2.05) is 32.0 Å². The summed E-state index contributed by atoms with van der Waals surface area (Å²) in [5.41, 5.74) is 4.35. The molecule has 0 aliphatic heterocycles. The molecule has 0 fully saturated rings. The fraction of sp³-hybridized carbons (Fsp3) is 0.250. The average molecular weight is 339 g/mol. The number of hydrogen-bond acceptors (Lipinski definition) is 7. The average Bonchev–Trinajstić information content (AvgIpc) is 2.37. The lowest BCUT2D eigenvalue weighted by atomic mass is 10.2. The first-order chi connectivity index (χ1) is 9.60. The first-order valence-corrected chi connectivity index (χ1v) is 6.79. The van der Waals surface area contributed by atoms with Crippen molar-refractivity contribution in [2.24, 2.45) is 5.84 Å². The quantitative estimate of drug-likeness (QED) is 0.568. The summed E-state index contributed by atoms with van der Waals surface area (Å²) in [7, 11) is 0. The molecular weight excluding hydrogens is 324 g/mol. The Balaban J connectivity index is 2.29. The van der Waals surface area contributed by atoms with Crippen LogP contribution in [0.4, 0.5) is 17.6 Å². The van der Waals surface area contributed by atoms with E-state index in [1.165, 1.54) is 0 Å². The Morgan fingerprint density at radius 2 is 1.95 bits per heavy atom. The molecule has 106 valence electrons. The van der Waals surface area contributed by atoms with Crippen molar-refractivity contribution in [3.05, 3.63) is 28.2 Å². The maximum atomic E-state index is 5.33. The Bertz CT molecular complexity index is 586. The topological polar surface area (TPSA) is 98.0 Å². The number of hydrazine groups is 1. The van der Waals surface area contributed by atoms with E-state index < -0.39 is 0 Å². The van der Waals surface area contributed by atoms with Gasteiger partial charge in [-0.1, -0.05) is 15.9 Å². The summed E-state index contributed by atoms with van der Waals surface area (Å²) in [6.07, 6.45) is 0. The number of benzene rings is 1. The van der Waals surface area contributed by atoms with Crippen molar-refractivity contribution in [1.29, 1.82) is 0 Å². The highest BCUT2D eigenvalue weighted by molar-refractivity contribution is 9.10. The van der Waals surface area contributed by atoms with Gasteiger partial charge >= 0.3 is 6.01 Å². The largest absolute Gasteiger partial charge is 0.464 e. The number of aryl methyl sites for hydroxylation is 1. The van der Waals surface area contributed by atoms with Crippen LogP contribution >= 0.6 is 15.9 Å². The van der Waals surface area contributed by atoms with Gasteiger partial charge in [0.05, 0.1) is 6.61 Å². The molecule has 0 unspecified atom stereocenters. The molecule has 0 aliphatic rings. The fourth-order valence-electron chi connectivity index (χ4n) is 1.61. The van der Waals surface area contributed by atoms with Gasteiger partial charge in [0.25, 0.3) is 0 Å². The zero-order valence-corrected chi connectivity index (χ0v) is 12.7. The zero-order valence-electron chi connectivity index (χ0n) is 11.1. The molecule has 0 radical (unpaired) electrons. The van der Waals surface area contributed by atoms with Crippen LogP contribution in [-0.4, -0.2) is 21.6 Å². The standard InChI is InChI=1S/C12H15BrN6O/c1-3-20-12-17-10(16-11(18-12)19-14)15-9-5-7(2)4-8(13)6-9/h4-6H,3,14H2,1-2H3,(H2,15,16,17,18,19). The summed E-state index contributed by atoms with van der Waals surface area (Å²) in [6.45, 7) is 4.31. The number of anilines is 3. The molecule has 2 aromatic rings. The van der Waals surface area contributed by atoms with Crippen LogP contribution in [0, 0.1) is 6.92 Å². The first kappa shape index (κ1) is 14.5. The molecule has 7 nitrogen and oxygen atoms in total. The second kappa shape index (κ2) is 6.49. The van der Waals surface area contributed by atoms with Crippen molar-refractivity contribution < 1.29 is 4.74 Å². The SMILES string of the molecule is CCOc1nc(NN)nc(Nc2cc(C)cc(Br)c2)n1. The summed E-state index contributed by atoms with van der Waals surface area (Å²) >= 11 is 3.44. The molecule has 20 heavy (non-hydrogen) atoms. The Morgan fingerprint density at radius 1 is 1.20 bits per heavy atom. The van der Waals surface area contributed by atoms with E-state index in [-0.39, 0.29) is 12.0 Å². The molecule has 4 N–H and O–H groups in total. The van der Waals surface area contributed by atoms with Crippen LogP contribution in [-0.2, 0) is 0 Å². The van der Waals surface area contributed by atoms with Crippen molar-refractivity contribution in [3.63, 3.8) is 0 Å². The van der Waals surface area contributed by atoms with Gasteiger partial charge in [0, 0.05) is 10.2 Å². The number of hydrogen-bond donors (Lipinski definition) is 3. The van der Waals surface area contributed by atoms with Gasteiger partial charge in [0.15, 0.2) is 0 Å². The molecule has 8 heteroatoms. The van der Waals surface area contributed by atoms with Crippen LogP contribution in [0.25, 0.3) is 0 Å². The van der Waals surface area contributed by atoms with E-state index in [1.54, 1.807) is 0 Å². The third-order valence-corrected chi connectivity index (χ3v) is 2.77. The highest BCUT2D eigenvalue weighted by Gasteiger charge is 2.07. The number of ether oxygens (including phenoxy) is 1. The molecule has 1 heterocycles. The van der Waals surface area contributed by atoms with Gasteiger partial charge in [0.2, 0.25) is 11.9 Å². The second-order valence-corrected chi connectivity index (χ2v) is 4.90. The first-order valence-electron chi connectivity index (χ1n) is 6.00. The molecule has 0 saturated carbocycles. The van der Waals surface area contributed by atoms with Crippen molar-refractivity contribution in [2.45, 2.75) is 13.8 Å². The van der Waals surface area contributed by atoms with E-state index in [9.17, 15) is 0 Å². The van der Waals surface area contributed by atoms with Crippen molar-refractivity contribution in [1.82, 2.24) is 15.0 Å². The molecule has 0 spiro atoms. The normalized spacial score (nSPS) is 10.2. The number of nitrogen functional groups attached to an aromatic ring is 1. The predicted molar refractivity (Wildman–Crippen MR) is 81.0 cm³/mol. The summed E-state index contributed by atoms with van der Waals surface area (Å²) in [5.74, 6) is 5.92. The van der Waals surface area contributed by atoms with Gasteiger partial charge in [-0.25, -0.2) is 5.84 Å². The summed E-state index contributed by atoms with van der Waals surface area (Å²) in [4.78, 5) is 12.3. The van der Waals surface area contributed by atoms with Crippen LogP contribution in [0.1, 0.15) is 12.5 Å². The van der Waals surface area contributed by atoms with Crippen LogP contribution in [0.5, 0.6) is 6.01 Å². The Hall–Kier alpha value is -1.93. The van der Waals surface area contributed by atoms with Crippen molar-refractivity contribution in [2.75, 3.05) is 17.3 Å². The van der Waals surface area contributed by atoms with Gasteiger partial charge in [-0.2, -0.15) is 15.0 Å². The van der Waals surface area contributed by atoms with Gasteiger partial charge in [-0.3, -0.25) is 5.43 Å². The van der Waals surface area contributed by atoms with Crippen LogP contribution in [0.3, 0.4) is 0 Å². The molecule has 0 aliphatic carbocycles. The van der Waals surface area contributed by atoms with Gasteiger partial charge in [0.1, 0.15) is 0 Å². The van der Waals surface area contributed by atoms with E-state index in [4.69, 9.17) is 10.6 Å². The maximum Gasteiger partial charge on any atom is 0.323 e. The van der Waals surface area contributed by atoms with Gasteiger partial charge in [-0.15, -0.1) is 0 Å². The van der Waals surface area contributed by atoms with E-state index in [2.05, 4.69) is 41.6 Å². The van der Waals surface area contributed by atoms with Gasteiger partial charge < -0.3 is 10.1 Å². The molecule has 0 bridgehead atoms. The number of nitrogens with zero attached hydrogens (tertiary/aromatic N) is 3. The summed E-state index contributed by atoms with van der Waals surface area (Å²) in [6, 6.07) is 6.12. The monoisotopic (exact) mass is 338 g/mol. The molecule has 2 rings (SSSR count). The third kappa shape index (κ3) is 3.78. The molecule has 1 aromatic heterocycles. The predicted octanol–water partition coefficient (Wildman–Crippen LogP) is 2.37. The van der Waals surface area contributed by atoms with E-state index in [0.717, 1.165) is 15.7 Å². The van der Waals surface area contributed by atoms with Gasteiger partial charge in [-0.05, 0) is 37.6 Å². The van der Waals surface area contributed by atoms with Crippen molar-refractivity contribution in [3.8, 4) is 6.01 Å². The summed E-state index contributed by atoms with van der Waals surface area (Å²) in [5, 5.41) is 3.09. The minimum Gasteiger partial charge on any atom is -0.464 e. The van der Waals surface area contributed by atoms with Crippen LogP contribution in [0.2, 0.25) is 0 Å². The maximum absolute atomic E-state index is 5.33. The van der Waals surface area contributed by atoms with E-state index in [0.29, 0.717) is 12.6 Å². The number of aromatic nitrogens is 3. The van der Waals surface area contributed by atoms with Crippen LogP contribution < -0.4 is 21.3 Å². The minimum absolute atomic E-state index is 0.213. The number of rotatable bonds is 5. The fourth-order valence-corrected chi connectivity index (χ4v) is 2.22. The Kier molecular flexibility index (Phi) is 4.70. The molecule has 0 saturated heterocycles. The second-order valence-electron chi connectivity index (χ2n) is 3.98. The van der Waals surface area contributed by atoms with Crippen LogP contribution in [0.15, 0.2) is 22.7 Å². The number of nitrogens with one attached hydrogen (secondary N) is 2. The molecule has 1 aromatic carbocycles. The molecule has 0 amide bonds. The summed E-state index contributed by atoms with van der Waals surface area (Å²) < 4.78 is 6.24. The van der Waals surface area contributed by atoms with E-state index >= 15 is 0 Å². The molecular formula is C12H15BrN6O. The zero-order chi connectivity index (χ0) is 14.5. The number of halogens is 1. The highest BCUT2D eigenvalue weighted by atomic mass is 79.9. The third-order valence-electron chi connectivity index (χ3n) is 2.32. The highest BCUT2D eigenvalue weighted by Crippen LogP contribution is 2.22. The Morgan fingerprint density at radius 3 is 2.60 bits per heavy atom. The lowest BCUT2D eigenvalue weighted by Crippen LogP contribution is -2.13. The lowest BCUT2D eigenvalue weighted by Gasteiger charge is -2.09.